The molecule has 0 aliphatic carbocycles. The van der Waals surface area contributed by atoms with E-state index in [0.29, 0.717) is 25.2 Å². The highest BCUT2D eigenvalue weighted by Crippen LogP contribution is 2.11. The quantitative estimate of drug-likeness (QED) is 0.495. The maximum absolute atomic E-state index is 11.8. The Morgan fingerprint density at radius 2 is 1.74 bits per heavy atom. The number of nitrogens with zero attached hydrogens (tertiary/aromatic N) is 2. The molecule has 0 radical (unpaired) electrons. The SMILES string of the molecule is C=CC(=O)OC(C)(C)C.CC(C)(C)OC(=O)CCN(CCO)Cc1cccc(C#N)c1. The van der Waals surface area contributed by atoms with Crippen LogP contribution in [0.4, 0.5) is 0 Å². The Morgan fingerprint density at radius 3 is 2.19 bits per heavy atom. The van der Waals surface area contributed by atoms with E-state index in [4.69, 9.17) is 19.8 Å². The Balaban J connectivity index is 0.000000842. The van der Waals surface area contributed by atoms with Crippen molar-refractivity contribution < 1.29 is 24.2 Å². The van der Waals surface area contributed by atoms with Crippen LogP contribution in [0, 0.1) is 11.3 Å². The van der Waals surface area contributed by atoms with E-state index in [1.165, 1.54) is 0 Å². The van der Waals surface area contributed by atoms with Crippen LogP contribution in [0.25, 0.3) is 0 Å². The molecule has 31 heavy (non-hydrogen) atoms. The minimum atomic E-state index is -0.486. The first kappa shape index (κ1) is 28.3. The van der Waals surface area contributed by atoms with Gasteiger partial charge in [-0.1, -0.05) is 18.7 Å². The summed E-state index contributed by atoms with van der Waals surface area (Å²) in [6.07, 6.45) is 1.43. The standard InChI is InChI=1S/C17H24N2O3.C7H12O2/c1-17(2,3)22-16(21)7-8-19(9-10-20)13-15-6-4-5-14(11-15)12-18;1-5-6(8)9-7(2,3)4/h4-6,11,20H,7-10,13H2,1-3H3;5H,1H2,2-4H3. The Hall–Kier alpha value is -2.69. The minimum Gasteiger partial charge on any atom is -0.460 e. The number of hydrogen-bond donors (Lipinski definition) is 1. The fourth-order valence-corrected chi connectivity index (χ4v) is 2.39. The molecular weight excluding hydrogens is 396 g/mol. The van der Waals surface area contributed by atoms with Crippen molar-refractivity contribution in [2.75, 3.05) is 19.7 Å². The first-order chi connectivity index (χ1) is 14.3. The van der Waals surface area contributed by atoms with Gasteiger partial charge in [-0.05, 0) is 59.2 Å². The van der Waals surface area contributed by atoms with E-state index in [0.717, 1.165) is 11.6 Å². The van der Waals surface area contributed by atoms with Crippen molar-refractivity contribution in [3.63, 3.8) is 0 Å². The van der Waals surface area contributed by atoms with E-state index in [-0.39, 0.29) is 25.0 Å². The van der Waals surface area contributed by atoms with Crippen LogP contribution in [0.2, 0.25) is 0 Å². The number of esters is 2. The van der Waals surface area contributed by atoms with Gasteiger partial charge in [-0.15, -0.1) is 0 Å². The van der Waals surface area contributed by atoms with Crippen LogP contribution in [0.1, 0.15) is 59.1 Å². The molecule has 7 nitrogen and oxygen atoms in total. The van der Waals surface area contributed by atoms with Gasteiger partial charge in [0.25, 0.3) is 0 Å². The van der Waals surface area contributed by atoms with Gasteiger partial charge >= 0.3 is 11.9 Å². The van der Waals surface area contributed by atoms with E-state index in [1.54, 1.807) is 6.07 Å². The lowest BCUT2D eigenvalue weighted by Gasteiger charge is -2.23. The van der Waals surface area contributed by atoms with Gasteiger partial charge in [0.05, 0.1) is 24.7 Å². The van der Waals surface area contributed by atoms with Gasteiger partial charge in [-0.3, -0.25) is 9.69 Å². The number of hydrogen-bond acceptors (Lipinski definition) is 7. The van der Waals surface area contributed by atoms with Crippen molar-refractivity contribution in [2.45, 2.75) is 65.7 Å². The van der Waals surface area contributed by atoms with Crippen LogP contribution in [0.5, 0.6) is 0 Å². The predicted molar refractivity (Wildman–Crippen MR) is 120 cm³/mol. The zero-order valence-corrected chi connectivity index (χ0v) is 19.6. The molecule has 1 N–H and O–H groups in total. The highest BCUT2D eigenvalue weighted by atomic mass is 16.6. The number of nitriles is 1. The number of aliphatic hydroxyl groups excluding tert-OH is 1. The molecule has 0 saturated heterocycles. The highest BCUT2D eigenvalue weighted by molar-refractivity contribution is 5.81. The zero-order valence-electron chi connectivity index (χ0n) is 19.6. The van der Waals surface area contributed by atoms with Crippen molar-refractivity contribution in [2.24, 2.45) is 0 Å². The molecule has 0 aromatic heterocycles. The molecule has 0 spiro atoms. The molecule has 0 amide bonds. The van der Waals surface area contributed by atoms with E-state index < -0.39 is 11.2 Å². The summed E-state index contributed by atoms with van der Waals surface area (Å²) in [5, 5.41) is 18.1. The highest BCUT2D eigenvalue weighted by Gasteiger charge is 2.17. The lowest BCUT2D eigenvalue weighted by Crippen LogP contribution is -2.31. The van der Waals surface area contributed by atoms with Crippen LogP contribution in [0.3, 0.4) is 0 Å². The third kappa shape index (κ3) is 15.8. The van der Waals surface area contributed by atoms with Crippen molar-refractivity contribution in [1.82, 2.24) is 4.90 Å². The van der Waals surface area contributed by atoms with E-state index in [2.05, 4.69) is 12.6 Å². The first-order valence-corrected chi connectivity index (χ1v) is 10.2. The summed E-state index contributed by atoms with van der Waals surface area (Å²) >= 11 is 0. The van der Waals surface area contributed by atoms with Crippen LogP contribution >= 0.6 is 0 Å². The van der Waals surface area contributed by atoms with Gasteiger partial charge in [-0.2, -0.15) is 5.26 Å². The molecule has 1 aromatic carbocycles. The van der Waals surface area contributed by atoms with Gasteiger partial charge in [-0.25, -0.2) is 4.79 Å². The summed E-state index contributed by atoms with van der Waals surface area (Å²) < 4.78 is 10.1. The summed E-state index contributed by atoms with van der Waals surface area (Å²) in [6, 6.07) is 9.44. The zero-order chi connectivity index (χ0) is 24.1. The van der Waals surface area contributed by atoms with Gasteiger partial charge in [0.1, 0.15) is 11.2 Å². The van der Waals surface area contributed by atoms with Crippen LogP contribution < -0.4 is 0 Å². The lowest BCUT2D eigenvalue weighted by atomic mass is 10.1. The maximum Gasteiger partial charge on any atom is 0.330 e. The molecule has 0 aliphatic rings. The summed E-state index contributed by atoms with van der Waals surface area (Å²) in [6.45, 7) is 15.8. The number of carbonyl (C=O) groups excluding carboxylic acids is 2. The molecular formula is C24H36N2O5. The molecule has 0 heterocycles. The third-order valence-electron chi connectivity index (χ3n) is 3.50. The second-order valence-electron chi connectivity index (χ2n) is 8.89. The summed E-state index contributed by atoms with van der Waals surface area (Å²) in [4.78, 5) is 24.2. The lowest BCUT2D eigenvalue weighted by molar-refractivity contribution is -0.155. The molecule has 0 unspecified atom stereocenters. The Morgan fingerprint density at radius 1 is 1.13 bits per heavy atom. The van der Waals surface area contributed by atoms with Crippen molar-refractivity contribution in [1.29, 1.82) is 5.26 Å². The predicted octanol–water partition coefficient (Wildman–Crippen LogP) is 3.60. The molecule has 0 atom stereocenters. The summed E-state index contributed by atoms with van der Waals surface area (Å²) in [5.41, 5.74) is 0.705. The topological polar surface area (TPSA) is 99.9 Å². The molecule has 1 rings (SSSR count). The number of ether oxygens (including phenoxy) is 2. The Labute approximate surface area is 186 Å². The number of carbonyl (C=O) groups is 2. The van der Waals surface area contributed by atoms with Gasteiger partial charge < -0.3 is 14.6 Å². The van der Waals surface area contributed by atoms with E-state index in [9.17, 15) is 9.59 Å². The van der Waals surface area contributed by atoms with Crippen molar-refractivity contribution in [3.05, 3.63) is 48.0 Å². The second-order valence-corrected chi connectivity index (χ2v) is 8.89. The molecule has 0 fully saturated rings. The van der Waals surface area contributed by atoms with Gasteiger partial charge in [0.2, 0.25) is 0 Å². The molecule has 172 valence electrons. The summed E-state index contributed by atoms with van der Waals surface area (Å²) in [7, 11) is 0. The van der Waals surface area contributed by atoms with Crippen molar-refractivity contribution >= 4 is 11.9 Å². The largest absolute Gasteiger partial charge is 0.460 e. The first-order valence-electron chi connectivity index (χ1n) is 10.2. The monoisotopic (exact) mass is 432 g/mol. The Kier molecular flexibility index (Phi) is 12.4. The molecule has 7 heteroatoms. The summed E-state index contributed by atoms with van der Waals surface area (Å²) in [5.74, 6) is -0.622. The molecule has 0 aliphatic heterocycles. The van der Waals surface area contributed by atoms with E-state index >= 15 is 0 Å². The number of aliphatic hydroxyl groups is 1. The van der Waals surface area contributed by atoms with Crippen LogP contribution in [-0.2, 0) is 25.6 Å². The molecule has 0 bridgehead atoms. The van der Waals surface area contributed by atoms with E-state index in [1.807, 2.05) is 64.6 Å². The fraction of sp³-hybridized carbons (Fsp3) is 0.542. The average Bonchev–Trinajstić information content (AvgIpc) is 2.64. The van der Waals surface area contributed by atoms with Crippen LogP contribution in [-0.4, -0.2) is 52.8 Å². The smallest absolute Gasteiger partial charge is 0.330 e. The molecule has 0 saturated carbocycles. The third-order valence-corrected chi connectivity index (χ3v) is 3.50. The maximum atomic E-state index is 11.8. The van der Waals surface area contributed by atoms with Crippen molar-refractivity contribution in [3.8, 4) is 6.07 Å². The average molecular weight is 433 g/mol. The Bertz CT molecular complexity index is 754. The van der Waals surface area contributed by atoms with Gasteiger partial charge in [0, 0.05) is 25.7 Å². The number of benzene rings is 1. The van der Waals surface area contributed by atoms with Crippen LogP contribution in [0.15, 0.2) is 36.9 Å². The normalized spacial score (nSPS) is 11.1. The second kappa shape index (κ2) is 13.6. The minimum absolute atomic E-state index is 0.0201. The number of rotatable bonds is 8. The van der Waals surface area contributed by atoms with Gasteiger partial charge in [0.15, 0.2) is 0 Å². The fourth-order valence-electron chi connectivity index (χ4n) is 2.39. The molecule has 1 aromatic rings.